The topological polar surface area (TPSA) is 29.5 Å². The van der Waals surface area contributed by atoms with E-state index >= 15 is 0 Å². The molecule has 1 heterocycles. The van der Waals surface area contributed by atoms with Crippen LogP contribution >= 0.6 is 0 Å². The normalized spacial score (nSPS) is 19.9. The van der Waals surface area contributed by atoms with E-state index in [4.69, 9.17) is 4.74 Å². The van der Waals surface area contributed by atoms with Gasteiger partial charge in [0.1, 0.15) is 17.7 Å². The molecule has 1 amide bonds. The Morgan fingerprint density at radius 2 is 2.38 bits per heavy atom. The molecule has 1 aliphatic rings. The van der Waals surface area contributed by atoms with Gasteiger partial charge in [0, 0.05) is 26.0 Å². The highest BCUT2D eigenvalue weighted by molar-refractivity contribution is 5.73. The van der Waals surface area contributed by atoms with Gasteiger partial charge in [0.05, 0.1) is 6.54 Å². The van der Waals surface area contributed by atoms with Crippen LogP contribution in [0.3, 0.4) is 0 Å². The summed E-state index contributed by atoms with van der Waals surface area (Å²) in [5.41, 5.74) is 0. The lowest BCUT2D eigenvalue weighted by Crippen LogP contribution is -2.28. The smallest absolute Gasteiger partial charge is 0.219 e. The molecule has 2 rings (SSSR count). The van der Waals surface area contributed by atoms with Crippen molar-refractivity contribution < 1.29 is 13.9 Å². The predicted molar refractivity (Wildman–Crippen MR) is 57.7 cm³/mol. The maximum atomic E-state index is 12.9. The van der Waals surface area contributed by atoms with Crippen LogP contribution in [0, 0.1) is 5.82 Å². The summed E-state index contributed by atoms with van der Waals surface area (Å²) < 4.78 is 18.5. The second-order valence-corrected chi connectivity index (χ2v) is 3.95. The van der Waals surface area contributed by atoms with Crippen molar-refractivity contribution in [1.82, 2.24) is 4.90 Å². The van der Waals surface area contributed by atoms with Gasteiger partial charge in [0.2, 0.25) is 5.91 Å². The first-order valence-corrected chi connectivity index (χ1v) is 5.33. The molecule has 4 heteroatoms. The minimum absolute atomic E-state index is 0.0225. The Morgan fingerprint density at radius 3 is 3.00 bits per heavy atom. The second-order valence-electron chi connectivity index (χ2n) is 3.95. The minimum Gasteiger partial charge on any atom is -0.488 e. The van der Waals surface area contributed by atoms with Crippen LogP contribution in [0.25, 0.3) is 0 Å². The Balaban J connectivity index is 1.94. The van der Waals surface area contributed by atoms with E-state index in [1.54, 1.807) is 24.0 Å². The van der Waals surface area contributed by atoms with Crippen molar-refractivity contribution in [1.29, 1.82) is 0 Å². The molecule has 86 valence electrons. The van der Waals surface area contributed by atoms with E-state index in [2.05, 4.69) is 0 Å². The molecule has 1 saturated heterocycles. The summed E-state index contributed by atoms with van der Waals surface area (Å²) in [7, 11) is 0. The SMILES string of the molecule is CC(=O)N1CCC(Oc2cccc(F)c2)C1. The van der Waals surface area contributed by atoms with Crippen LogP contribution in [0.4, 0.5) is 4.39 Å². The lowest BCUT2D eigenvalue weighted by molar-refractivity contribution is -0.128. The summed E-state index contributed by atoms with van der Waals surface area (Å²) in [4.78, 5) is 12.8. The number of carbonyl (C=O) groups is 1. The van der Waals surface area contributed by atoms with Gasteiger partial charge in [0.15, 0.2) is 0 Å². The third-order valence-electron chi connectivity index (χ3n) is 2.69. The molecule has 0 aliphatic carbocycles. The lowest BCUT2D eigenvalue weighted by atomic mass is 10.3. The summed E-state index contributed by atoms with van der Waals surface area (Å²) in [5.74, 6) is 0.277. The van der Waals surface area contributed by atoms with Gasteiger partial charge in [-0.15, -0.1) is 0 Å². The Morgan fingerprint density at radius 1 is 1.56 bits per heavy atom. The second kappa shape index (κ2) is 4.51. The van der Waals surface area contributed by atoms with Crippen molar-refractivity contribution >= 4 is 5.91 Å². The number of halogens is 1. The average molecular weight is 223 g/mol. The Hall–Kier alpha value is -1.58. The quantitative estimate of drug-likeness (QED) is 0.765. The molecule has 1 fully saturated rings. The van der Waals surface area contributed by atoms with Gasteiger partial charge in [-0.3, -0.25) is 4.79 Å². The van der Waals surface area contributed by atoms with Crippen molar-refractivity contribution in [3.05, 3.63) is 30.1 Å². The van der Waals surface area contributed by atoms with Gasteiger partial charge in [-0.2, -0.15) is 0 Å². The number of carbonyl (C=O) groups excluding carboxylic acids is 1. The fourth-order valence-electron chi connectivity index (χ4n) is 1.84. The van der Waals surface area contributed by atoms with Crippen molar-refractivity contribution in [3.8, 4) is 5.75 Å². The summed E-state index contributed by atoms with van der Waals surface area (Å²) in [5, 5.41) is 0. The summed E-state index contributed by atoms with van der Waals surface area (Å²) >= 11 is 0. The third-order valence-corrected chi connectivity index (χ3v) is 2.69. The number of rotatable bonds is 2. The van der Waals surface area contributed by atoms with Crippen LogP contribution in [0.5, 0.6) is 5.75 Å². The largest absolute Gasteiger partial charge is 0.488 e. The first kappa shape index (κ1) is 10.9. The van der Waals surface area contributed by atoms with E-state index in [0.29, 0.717) is 12.3 Å². The molecule has 1 unspecified atom stereocenters. The monoisotopic (exact) mass is 223 g/mol. The minimum atomic E-state index is -0.307. The van der Waals surface area contributed by atoms with Gasteiger partial charge >= 0.3 is 0 Å². The first-order chi connectivity index (χ1) is 7.65. The molecule has 1 atom stereocenters. The molecule has 3 nitrogen and oxygen atoms in total. The van der Waals surface area contributed by atoms with Crippen molar-refractivity contribution in [3.63, 3.8) is 0 Å². The van der Waals surface area contributed by atoms with Gasteiger partial charge in [-0.05, 0) is 12.1 Å². The molecule has 1 aromatic carbocycles. The van der Waals surface area contributed by atoms with Crippen LogP contribution in [-0.2, 0) is 4.79 Å². The van der Waals surface area contributed by atoms with E-state index in [1.807, 2.05) is 0 Å². The summed E-state index contributed by atoms with van der Waals surface area (Å²) in [6, 6.07) is 6.07. The molecule has 1 aromatic rings. The molecule has 0 spiro atoms. The summed E-state index contributed by atoms with van der Waals surface area (Å²) in [6.45, 7) is 2.85. The van der Waals surface area contributed by atoms with Gasteiger partial charge < -0.3 is 9.64 Å². The predicted octanol–water partition coefficient (Wildman–Crippen LogP) is 1.83. The van der Waals surface area contributed by atoms with Crippen LogP contribution in [0.15, 0.2) is 24.3 Å². The van der Waals surface area contributed by atoms with Crippen LogP contribution in [0.1, 0.15) is 13.3 Å². The van der Waals surface area contributed by atoms with Gasteiger partial charge in [-0.1, -0.05) is 6.07 Å². The molecule has 0 saturated carbocycles. The highest BCUT2D eigenvalue weighted by Crippen LogP contribution is 2.19. The molecule has 0 radical (unpaired) electrons. The van der Waals surface area contributed by atoms with E-state index in [-0.39, 0.29) is 17.8 Å². The fraction of sp³-hybridized carbons (Fsp3) is 0.417. The zero-order valence-electron chi connectivity index (χ0n) is 9.15. The number of nitrogens with zero attached hydrogens (tertiary/aromatic N) is 1. The number of hydrogen-bond donors (Lipinski definition) is 0. The number of likely N-dealkylation sites (tertiary alicyclic amines) is 1. The molecule has 1 aliphatic heterocycles. The van der Waals surface area contributed by atoms with E-state index in [9.17, 15) is 9.18 Å². The zero-order valence-corrected chi connectivity index (χ0v) is 9.15. The Bertz CT molecular complexity index is 394. The first-order valence-electron chi connectivity index (χ1n) is 5.33. The molecule has 16 heavy (non-hydrogen) atoms. The highest BCUT2D eigenvalue weighted by Gasteiger charge is 2.25. The third kappa shape index (κ3) is 2.51. The molecule has 0 bridgehead atoms. The lowest BCUT2D eigenvalue weighted by Gasteiger charge is -2.15. The van der Waals surface area contributed by atoms with Crippen molar-refractivity contribution in [2.45, 2.75) is 19.4 Å². The average Bonchev–Trinajstić information content (AvgIpc) is 2.66. The maximum Gasteiger partial charge on any atom is 0.219 e. The van der Waals surface area contributed by atoms with E-state index in [1.165, 1.54) is 12.1 Å². The number of ether oxygens (including phenoxy) is 1. The van der Waals surface area contributed by atoms with Crippen LogP contribution in [-0.4, -0.2) is 30.0 Å². The molecule has 0 aromatic heterocycles. The number of amides is 1. The highest BCUT2D eigenvalue weighted by atomic mass is 19.1. The van der Waals surface area contributed by atoms with Crippen LogP contribution in [0.2, 0.25) is 0 Å². The van der Waals surface area contributed by atoms with Gasteiger partial charge in [-0.25, -0.2) is 4.39 Å². The summed E-state index contributed by atoms with van der Waals surface area (Å²) in [6.07, 6.45) is 0.779. The standard InChI is InChI=1S/C12H14FNO2/c1-9(15)14-6-5-12(8-14)16-11-4-2-3-10(13)7-11/h2-4,7,12H,5-6,8H2,1H3. The van der Waals surface area contributed by atoms with Crippen molar-refractivity contribution in [2.75, 3.05) is 13.1 Å². The van der Waals surface area contributed by atoms with E-state index in [0.717, 1.165) is 13.0 Å². The van der Waals surface area contributed by atoms with Crippen molar-refractivity contribution in [2.24, 2.45) is 0 Å². The van der Waals surface area contributed by atoms with Gasteiger partial charge in [0.25, 0.3) is 0 Å². The number of benzene rings is 1. The molecular formula is C12H14FNO2. The Kier molecular flexibility index (Phi) is 3.08. The maximum absolute atomic E-state index is 12.9. The zero-order chi connectivity index (χ0) is 11.5. The Labute approximate surface area is 93.8 Å². The molecule has 0 N–H and O–H groups in total. The molecular weight excluding hydrogens is 209 g/mol. The van der Waals surface area contributed by atoms with E-state index < -0.39 is 0 Å². The fourth-order valence-corrected chi connectivity index (χ4v) is 1.84. The number of hydrogen-bond acceptors (Lipinski definition) is 2. The van der Waals surface area contributed by atoms with Crippen LogP contribution < -0.4 is 4.74 Å².